The summed E-state index contributed by atoms with van der Waals surface area (Å²) in [6, 6.07) is 1.47. The summed E-state index contributed by atoms with van der Waals surface area (Å²) in [4.78, 5) is 10.7. The Morgan fingerprint density at radius 1 is 1.64 bits per heavy atom. The summed E-state index contributed by atoms with van der Waals surface area (Å²) >= 11 is 5.78. The van der Waals surface area contributed by atoms with Gasteiger partial charge in [0.05, 0.1) is 6.54 Å². The summed E-state index contributed by atoms with van der Waals surface area (Å²) in [7, 11) is 0. The predicted octanol–water partition coefficient (Wildman–Crippen LogP) is 2.28. The summed E-state index contributed by atoms with van der Waals surface area (Å²) in [6.45, 7) is 4.33. The van der Waals surface area contributed by atoms with Gasteiger partial charge in [-0.1, -0.05) is 19.0 Å². The molecule has 1 rings (SSSR count). The maximum Gasteiger partial charge on any atom is 0.118 e. The molecule has 0 aromatic carbocycles. The molecule has 0 saturated carbocycles. The quantitative estimate of drug-likeness (QED) is 0.559. The number of nitrogens with zero attached hydrogens (tertiary/aromatic N) is 3. The van der Waals surface area contributed by atoms with E-state index in [1.807, 2.05) is 26.1 Å². The molecule has 1 aromatic rings. The van der Waals surface area contributed by atoms with Gasteiger partial charge in [0, 0.05) is 23.7 Å². The van der Waals surface area contributed by atoms with Crippen molar-refractivity contribution in [2.24, 2.45) is 10.6 Å². The zero-order valence-corrected chi connectivity index (χ0v) is 9.11. The van der Waals surface area contributed by atoms with Gasteiger partial charge >= 0.3 is 0 Å². The van der Waals surface area contributed by atoms with Crippen LogP contribution in [0, 0.1) is 10.3 Å². The lowest BCUT2D eigenvalue weighted by Gasteiger charge is -2.26. The summed E-state index contributed by atoms with van der Waals surface area (Å²) in [6.07, 6.45) is 3.48. The molecule has 0 aliphatic heterocycles. The van der Waals surface area contributed by atoms with Crippen molar-refractivity contribution in [3.05, 3.63) is 23.4 Å². The summed E-state index contributed by atoms with van der Waals surface area (Å²) in [5, 5.41) is 7.14. The number of aromatic nitrogens is 2. The highest BCUT2D eigenvalue weighted by atomic mass is 35.5. The fourth-order valence-electron chi connectivity index (χ4n) is 1.10. The monoisotopic (exact) mass is 215 g/mol. The number of rotatable bonds is 5. The Bertz CT molecular complexity index is 284. The van der Waals surface area contributed by atoms with Gasteiger partial charge in [0.1, 0.15) is 6.04 Å². The van der Waals surface area contributed by atoms with Crippen LogP contribution in [-0.4, -0.2) is 21.7 Å². The molecule has 0 radical (unpaired) electrons. The molecule has 0 fully saturated rings. The topological polar surface area (TPSA) is 47.2 Å². The first kappa shape index (κ1) is 11.2. The van der Waals surface area contributed by atoms with Gasteiger partial charge in [-0.25, -0.2) is 0 Å². The molecule has 0 aliphatic carbocycles. The highest BCUT2D eigenvalue weighted by Gasteiger charge is 2.30. The van der Waals surface area contributed by atoms with Crippen LogP contribution in [0.4, 0.5) is 0 Å². The molecule has 1 aromatic heterocycles. The molecule has 1 atom stereocenters. The fraction of sp³-hybridized carbons (Fsp3) is 0.667. The maximum atomic E-state index is 10.7. The van der Waals surface area contributed by atoms with Crippen molar-refractivity contribution in [1.29, 1.82) is 0 Å². The van der Waals surface area contributed by atoms with Crippen molar-refractivity contribution in [3.8, 4) is 0 Å². The van der Waals surface area contributed by atoms with Crippen molar-refractivity contribution in [2.45, 2.75) is 26.4 Å². The Morgan fingerprint density at radius 2 is 2.36 bits per heavy atom. The molecule has 0 saturated heterocycles. The van der Waals surface area contributed by atoms with Gasteiger partial charge in [0.15, 0.2) is 0 Å². The van der Waals surface area contributed by atoms with Gasteiger partial charge in [0.2, 0.25) is 0 Å². The van der Waals surface area contributed by atoms with E-state index in [1.54, 1.807) is 10.9 Å². The van der Waals surface area contributed by atoms with Gasteiger partial charge in [-0.05, 0) is 6.07 Å². The third-order valence-electron chi connectivity index (χ3n) is 2.29. The number of nitroso groups, excluding NO2 is 1. The lowest BCUT2D eigenvalue weighted by atomic mass is 9.87. The molecular weight excluding hydrogens is 202 g/mol. The first-order valence-corrected chi connectivity index (χ1v) is 4.99. The molecular formula is C9H14ClN3O. The maximum absolute atomic E-state index is 10.7. The van der Waals surface area contributed by atoms with Crippen molar-refractivity contribution in [3.63, 3.8) is 0 Å². The van der Waals surface area contributed by atoms with Crippen LogP contribution >= 0.6 is 11.6 Å². The minimum atomic E-state index is -0.347. The van der Waals surface area contributed by atoms with E-state index in [4.69, 9.17) is 11.6 Å². The summed E-state index contributed by atoms with van der Waals surface area (Å²) in [5.41, 5.74) is -0.296. The van der Waals surface area contributed by atoms with E-state index in [0.717, 1.165) is 0 Å². The second-order valence-corrected chi connectivity index (χ2v) is 4.24. The highest BCUT2D eigenvalue weighted by Crippen LogP contribution is 2.25. The Labute approximate surface area is 88.2 Å². The lowest BCUT2D eigenvalue weighted by Crippen LogP contribution is -2.33. The lowest BCUT2D eigenvalue weighted by molar-refractivity contribution is 0.288. The second kappa shape index (κ2) is 4.55. The molecule has 0 N–H and O–H groups in total. The van der Waals surface area contributed by atoms with Crippen LogP contribution in [0.25, 0.3) is 0 Å². The number of hydrogen-bond acceptors (Lipinski definition) is 3. The van der Waals surface area contributed by atoms with Crippen molar-refractivity contribution < 1.29 is 0 Å². The minimum absolute atomic E-state index is 0.296. The van der Waals surface area contributed by atoms with Gasteiger partial charge in [-0.2, -0.15) is 10.0 Å². The molecule has 78 valence electrons. The van der Waals surface area contributed by atoms with Gasteiger partial charge in [-0.15, -0.1) is 11.6 Å². The average Bonchev–Trinajstić information content (AvgIpc) is 2.66. The van der Waals surface area contributed by atoms with E-state index in [-0.39, 0.29) is 11.5 Å². The third kappa shape index (κ3) is 2.54. The third-order valence-corrected chi connectivity index (χ3v) is 2.98. The van der Waals surface area contributed by atoms with Crippen LogP contribution in [0.15, 0.2) is 23.6 Å². The van der Waals surface area contributed by atoms with Crippen LogP contribution in [0.5, 0.6) is 0 Å². The Balaban J connectivity index is 2.69. The smallest absolute Gasteiger partial charge is 0.118 e. The molecule has 14 heavy (non-hydrogen) atoms. The number of halogens is 1. The van der Waals surface area contributed by atoms with Crippen molar-refractivity contribution in [1.82, 2.24) is 9.78 Å². The molecule has 0 amide bonds. The summed E-state index contributed by atoms with van der Waals surface area (Å²) < 4.78 is 1.69. The standard InChI is InChI=1S/C9H14ClN3O/c1-9(2,7-10)8(12-14)6-13-5-3-4-11-13/h3-5,8H,6-7H2,1-2H3. The Morgan fingerprint density at radius 3 is 2.79 bits per heavy atom. The number of hydrogen-bond donors (Lipinski definition) is 0. The van der Waals surface area contributed by atoms with Gasteiger partial charge in [0.25, 0.3) is 0 Å². The molecule has 0 bridgehead atoms. The summed E-state index contributed by atoms with van der Waals surface area (Å²) in [5.74, 6) is 0.407. The molecule has 5 heteroatoms. The van der Waals surface area contributed by atoms with Crippen LogP contribution in [0.1, 0.15) is 13.8 Å². The molecule has 1 heterocycles. The van der Waals surface area contributed by atoms with E-state index in [1.165, 1.54) is 0 Å². The molecule has 1 unspecified atom stereocenters. The largest absolute Gasteiger partial charge is 0.270 e. The van der Waals surface area contributed by atoms with E-state index in [0.29, 0.717) is 12.4 Å². The van der Waals surface area contributed by atoms with Crippen LogP contribution in [0.3, 0.4) is 0 Å². The Kier molecular flexibility index (Phi) is 3.63. The molecule has 0 spiro atoms. The first-order chi connectivity index (χ1) is 6.60. The predicted molar refractivity (Wildman–Crippen MR) is 56.3 cm³/mol. The Hall–Kier alpha value is -0.900. The van der Waals surface area contributed by atoms with Crippen LogP contribution < -0.4 is 0 Å². The van der Waals surface area contributed by atoms with Gasteiger partial charge < -0.3 is 0 Å². The molecule has 0 aliphatic rings. The van der Waals surface area contributed by atoms with Crippen LogP contribution in [0.2, 0.25) is 0 Å². The highest BCUT2D eigenvalue weighted by molar-refractivity contribution is 6.18. The van der Waals surface area contributed by atoms with Crippen LogP contribution in [-0.2, 0) is 6.54 Å². The van der Waals surface area contributed by atoms with Gasteiger partial charge in [-0.3, -0.25) is 4.68 Å². The first-order valence-electron chi connectivity index (χ1n) is 4.46. The SMILES string of the molecule is CC(C)(CCl)C(Cn1cccn1)N=O. The molecule has 4 nitrogen and oxygen atoms in total. The second-order valence-electron chi connectivity index (χ2n) is 3.97. The normalized spacial score (nSPS) is 13.9. The number of alkyl halides is 1. The van der Waals surface area contributed by atoms with E-state index >= 15 is 0 Å². The van der Waals surface area contributed by atoms with Crippen molar-refractivity contribution in [2.75, 3.05) is 5.88 Å². The van der Waals surface area contributed by atoms with Crippen molar-refractivity contribution >= 4 is 11.6 Å². The van der Waals surface area contributed by atoms with E-state index in [2.05, 4.69) is 10.3 Å². The average molecular weight is 216 g/mol. The van der Waals surface area contributed by atoms with E-state index < -0.39 is 0 Å². The zero-order chi connectivity index (χ0) is 10.6. The minimum Gasteiger partial charge on any atom is -0.270 e. The van der Waals surface area contributed by atoms with E-state index in [9.17, 15) is 4.91 Å². The zero-order valence-electron chi connectivity index (χ0n) is 8.35. The fourth-order valence-corrected chi connectivity index (χ4v) is 1.28.